The zero-order valence-electron chi connectivity index (χ0n) is 7.60. The van der Waals surface area contributed by atoms with Crippen LogP contribution in [0.15, 0.2) is 18.2 Å². The maximum atomic E-state index is 13.0. The molecule has 1 N–H and O–H groups in total. The van der Waals surface area contributed by atoms with E-state index in [-0.39, 0.29) is 5.56 Å². The summed E-state index contributed by atoms with van der Waals surface area (Å²) >= 11 is 0. The summed E-state index contributed by atoms with van der Waals surface area (Å²) in [7, 11) is 0. The number of halogens is 4. The lowest BCUT2D eigenvalue weighted by molar-refractivity contribution is -0.167. The number of nitrogens with one attached hydrogen (secondary N) is 1. The summed E-state index contributed by atoms with van der Waals surface area (Å²) in [5.74, 6) is -3.34. The van der Waals surface area contributed by atoms with Crippen molar-refractivity contribution in [1.82, 2.24) is 0 Å². The van der Waals surface area contributed by atoms with Crippen molar-refractivity contribution < 1.29 is 22.4 Å². The van der Waals surface area contributed by atoms with Crippen molar-refractivity contribution in [2.75, 3.05) is 5.32 Å². The Morgan fingerprint density at radius 3 is 2.50 bits per heavy atom. The molecule has 0 aliphatic carbocycles. The van der Waals surface area contributed by atoms with Crippen LogP contribution in [0, 0.1) is 17.1 Å². The number of amides is 1. The molecule has 1 aromatic carbocycles. The Hall–Kier alpha value is -2.10. The van der Waals surface area contributed by atoms with Crippen molar-refractivity contribution in [3.8, 4) is 6.07 Å². The highest BCUT2D eigenvalue weighted by Gasteiger charge is 2.39. The number of carbonyl (C=O) groups is 1. The maximum Gasteiger partial charge on any atom is 0.471 e. The van der Waals surface area contributed by atoms with Gasteiger partial charge in [-0.15, -0.1) is 0 Å². The summed E-state index contributed by atoms with van der Waals surface area (Å²) in [4.78, 5) is 10.5. The van der Waals surface area contributed by atoms with Gasteiger partial charge in [-0.2, -0.15) is 18.4 Å². The van der Waals surface area contributed by atoms with Crippen LogP contribution in [-0.2, 0) is 4.79 Å². The van der Waals surface area contributed by atoms with Gasteiger partial charge in [0.05, 0.1) is 17.3 Å². The van der Waals surface area contributed by atoms with Gasteiger partial charge in [-0.3, -0.25) is 4.79 Å². The highest BCUT2D eigenvalue weighted by atomic mass is 19.4. The van der Waals surface area contributed by atoms with E-state index in [9.17, 15) is 22.4 Å². The van der Waals surface area contributed by atoms with Gasteiger partial charge in [0, 0.05) is 0 Å². The van der Waals surface area contributed by atoms with E-state index in [1.807, 2.05) is 0 Å². The number of carbonyl (C=O) groups excluding carboxylic acids is 1. The minimum atomic E-state index is -5.10. The van der Waals surface area contributed by atoms with E-state index in [1.54, 1.807) is 6.07 Å². The Labute approximate surface area is 87.3 Å². The van der Waals surface area contributed by atoms with Crippen LogP contribution in [0.5, 0.6) is 0 Å². The molecule has 1 amide bonds. The first kappa shape index (κ1) is 12.0. The molecule has 1 aromatic rings. The van der Waals surface area contributed by atoms with Crippen molar-refractivity contribution in [3.05, 3.63) is 29.6 Å². The van der Waals surface area contributed by atoms with Crippen LogP contribution in [-0.4, -0.2) is 12.1 Å². The standard InChI is InChI=1S/C9H4F4N2O/c10-6-2-1-5(4-14)3-7(6)15-8(16)9(11,12)13/h1-3H,(H,15,16). The molecule has 0 aliphatic rings. The van der Waals surface area contributed by atoms with Crippen LogP contribution in [0.25, 0.3) is 0 Å². The van der Waals surface area contributed by atoms with Gasteiger partial charge in [0.25, 0.3) is 0 Å². The average molecular weight is 232 g/mol. The predicted molar refractivity (Wildman–Crippen MR) is 45.8 cm³/mol. The monoisotopic (exact) mass is 232 g/mol. The summed E-state index contributed by atoms with van der Waals surface area (Å²) in [6.07, 6.45) is -5.10. The second-order valence-corrected chi connectivity index (χ2v) is 2.76. The Morgan fingerprint density at radius 1 is 1.38 bits per heavy atom. The summed E-state index contributed by atoms with van der Waals surface area (Å²) in [6.45, 7) is 0. The number of nitrogens with zero attached hydrogens (tertiary/aromatic N) is 1. The number of alkyl halides is 3. The molecular weight excluding hydrogens is 228 g/mol. The molecule has 0 aliphatic heterocycles. The summed E-state index contributed by atoms with van der Waals surface area (Å²) in [5.41, 5.74) is -0.736. The topological polar surface area (TPSA) is 52.9 Å². The van der Waals surface area contributed by atoms with Gasteiger partial charge in [0.1, 0.15) is 5.82 Å². The number of anilines is 1. The molecule has 84 valence electrons. The van der Waals surface area contributed by atoms with Gasteiger partial charge in [-0.1, -0.05) is 0 Å². The molecule has 0 aromatic heterocycles. The number of nitriles is 1. The highest BCUT2D eigenvalue weighted by molar-refractivity contribution is 5.95. The fourth-order valence-electron chi connectivity index (χ4n) is 0.884. The second-order valence-electron chi connectivity index (χ2n) is 2.76. The summed E-state index contributed by atoms with van der Waals surface area (Å²) < 4.78 is 48.5. The molecule has 0 saturated heterocycles. The Balaban J connectivity index is 2.98. The third-order valence-electron chi connectivity index (χ3n) is 1.60. The van der Waals surface area contributed by atoms with Gasteiger partial charge in [-0.05, 0) is 18.2 Å². The predicted octanol–water partition coefficient (Wildman–Crippen LogP) is 2.20. The van der Waals surface area contributed by atoms with Crippen LogP contribution in [0.1, 0.15) is 5.56 Å². The quantitative estimate of drug-likeness (QED) is 0.754. The number of benzene rings is 1. The van der Waals surface area contributed by atoms with Gasteiger partial charge in [0.2, 0.25) is 0 Å². The lowest BCUT2D eigenvalue weighted by Crippen LogP contribution is -2.30. The van der Waals surface area contributed by atoms with Crippen molar-refractivity contribution in [1.29, 1.82) is 5.26 Å². The Morgan fingerprint density at radius 2 is 2.00 bits per heavy atom. The molecule has 0 atom stereocenters. The molecule has 0 bridgehead atoms. The zero-order chi connectivity index (χ0) is 12.3. The number of rotatable bonds is 1. The Kier molecular flexibility index (Phi) is 3.13. The molecule has 0 unspecified atom stereocenters. The van der Waals surface area contributed by atoms with Crippen molar-refractivity contribution in [3.63, 3.8) is 0 Å². The first-order chi connectivity index (χ1) is 7.34. The SMILES string of the molecule is N#Cc1ccc(F)c(NC(=O)C(F)(F)F)c1. The molecule has 0 heterocycles. The van der Waals surface area contributed by atoms with E-state index in [2.05, 4.69) is 0 Å². The molecule has 16 heavy (non-hydrogen) atoms. The largest absolute Gasteiger partial charge is 0.471 e. The van der Waals surface area contributed by atoms with Crippen LogP contribution >= 0.6 is 0 Å². The minimum Gasteiger partial charge on any atom is -0.316 e. The molecule has 0 fully saturated rings. The van der Waals surface area contributed by atoms with E-state index < -0.39 is 23.6 Å². The van der Waals surface area contributed by atoms with Crippen LogP contribution in [0.4, 0.5) is 23.2 Å². The van der Waals surface area contributed by atoms with Gasteiger partial charge in [0.15, 0.2) is 0 Å². The van der Waals surface area contributed by atoms with E-state index in [4.69, 9.17) is 5.26 Å². The lowest BCUT2D eigenvalue weighted by atomic mass is 10.2. The van der Waals surface area contributed by atoms with Gasteiger partial charge in [-0.25, -0.2) is 4.39 Å². The third kappa shape index (κ3) is 2.70. The molecule has 0 spiro atoms. The zero-order valence-corrected chi connectivity index (χ0v) is 7.60. The van der Waals surface area contributed by atoms with Crippen molar-refractivity contribution in [2.24, 2.45) is 0 Å². The molecule has 0 saturated carbocycles. The van der Waals surface area contributed by atoms with E-state index in [0.29, 0.717) is 0 Å². The van der Waals surface area contributed by atoms with Crippen LogP contribution in [0.3, 0.4) is 0 Å². The molecule has 7 heteroatoms. The van der Waals surface area contributed by atoms with Crippen LogP contribution in [0.2, 0.25) is 0 Å². The highest BCUT2D eigenvalue weighted by Crippen LogP contribution is 2.21. The van der Waals surface area contributed by atoms with Crippen LogP contribution < -0.4 is 5.32 Å². The summed E-state index contributed by atoms with van der Waals surface area (Å²) in [5, 5.41) is 9.77. The number of hydrogen-bond acceptors (Lipinski definition) is 2. The normalized spacial score (nSPS) is 10.7. The van der Waals surface area contributed by atoms with Crippen molar-refractivity contribution in [2.45, 2.75) is 6.18 Å². The maximum absolute atomic E-state index is 13.0. The van der Waals surface area contributed by atoms with Gasteiger partial charge >= 0.3 is 12.1 Å². The third-order valence-corrected chi connectivity index (χ3v) is 1.60. The fraction of sp³-hybridized carbons (Fsp3) is 0.111. The first-order valence-corrected chi connectivity index (χ1v) is 3.92. The molecule has 3 nitrogen and oxygen atoms in total. The summed E-state index contributed by atoms with van der Waals surface area (Å²) in [6, 6.07) is 4.30. The van der Waals surface area contributed by atoms with E-state index in [0.717, 1.165) is 18.2 Å². The minimum absolute atomic E-state index is 0.0566. The molecule has 0 radical (unpaired) electrons. The fourth-order valence-corrected chi connectivity index (χ4v) is 0.884. The Bertz CT molecular complexity index is 462. The van der Waals surface area contributed by atoms with Crippen molar-refractivity contribution >= 4 is 11.6 Å². The molecular formula is C9H4F4N2O. The van der Waals surface area contributed by atoms with E-state index >= 15 is 0 Å². The van der Waals surface area contributed by atoms with Gasteiger partial charge < -0.3 is 5.32 Å². The molecule has 1 rings (SSSR count). The van der Waals surface area contributed by atoms with E-state index in [1.165, 1.54) is 5.32 Å². The second kappa shape index (κ2) is 4.18. The first-order valence-electron chi connectivity index (χ1n) is 3.92. The lowest BCUT2D eigenvalue weighted by Gasteiger charge is -2.08. The number of hydrogen-bond donors (Lipinski definition) is 1. The average Bonchev–Trinajstić information content (AvgIpc) is 2.19. The smallest absolute Gasteiger partial charge is 0.316 e.